The minimum atomic E-state index is 0.706. The summed E-state index contributed by atoms with van der Waals surface area (Å²) in [4.78, 5) is 0. The van der Waals surface area contributed by atoms with Gasteiger partial charge < -0.3 is 4.74 Å². The lowest BCUT2D eigenvalue weighted by Crippen LogP contribution is -2.17. The number of rotatable bonds is 10. The molecule has 3 rings (SSSR count). The molecule has 0 bridgehead atoms. The molecule has 29 heavy (non-hydrogen) atoms. The van der Waals surface area contributed by atoms with E-state index in [0.29, 0.717) is 6.33 Å². The number of benzene rings is 1. The monoisotopic (exact) mass is 400 g/mol. The van der Waals surface area contributed by atoms with Crippen LogP contribution in [0.5, 0.6) is 5.75 Å². The highest BCUT2D eigenvalue weighted by atomic mass is 19.1. The van der Waals surface area contributed by atoms with Crippen LogP contribution in [0.3, 0.4) is 0 Å². The summed E-state index contributed by atoms with van der Waals surface area (Å²) >= 11 is 0. The minimum absolute atomic E-state index is 0.706. The predicted molar refractivity (Wildman–Crippen MR) is 121 cm³/mol. The molecule has 2 aliphatic carbocycles. The lowest BCUT2D eigenvalue weighted by atomic mass is 9.74. The molecule has 0 heterocycles. The highest BCUT2D eigenvalue weighted by Gasteiger charge is 2.25. The number of hydrogen-bond donors (Lipinski definition) is 0. The van der Waals surface area contributed by atoms with E-state index in [9.17, 15) is 4.39 Å². The molecule has 1 aromatic rings. The first-order valence-electron chi connectivity index (χ1n) is 12.3. The van der Waals surface area contributed by atoms with Gasteiger partial charge in [0.1, 0.15) is 5.75 Å². The van der Waals surface area contributed by atoms with Crippen molar-refractivity contribution in [1.29, 1.82) is 0 Å². The molecule has 0 radical (unpaired) electrons. The van der Waals surface area contributed by atoms with E-state index in [1.807, 2.05) is 0 Å². The molecule has 2 saturated carbocycles. The zero-order valence-corrected chi connectivity index (χ0v) is 18.5. The molecule has 0 spiro atoms. The van der Waals surface area contributed by atoms with Crippen molar-refractivity contribution in [2.24, 2.45) is 17.8 Å². The number of halogens is 1. The van der Waals surface area contributed by atoms with Crippen LogP contribution in [0.4, 0.5) is 4.39 Å². The average Bonchev–Trinajstić information content (AvgIpc) is 2.78. The summed E-state index contributed by atoms with van der Waals surface area (Å²) in [6.07, 6.45) is 19.5. The third-order valence-electron chi connectivity index (χ3n) is 7.45. The Kier molecular flexibility index (Phi) is 9.57. The Balaban J connectivity index is 1.31. The van der Waals surface area contributed by atoms with Crippen LogP contribution in [0.1, 0.15) is 102 Å². The molecule has 1 aromatic carbocycles. The van der Waals surface area contributed by atoms with Gasteiger partial charge in [-0.05, 0) is 86.3 Å². The first-order chi connectivity index (χ1) is 14.3. The molecule has 0 unspecified atom stereocenters. The smallest absolute Gasteiger partial charge is 0.119 e. The Labute approximate surface area is 178 Å². The van der Waals surface area contributed by atoms with Gasteiger partial charge in [-0.2, -0.15) is 0 Å². The summed E-state index contributed by atoms with van der Waals surface area (Å²) in [6.45, 7) is 2.95. The molecular formula is C27H41FO. The van der Waals surface area contributed by atoms with Crippen molar-refractivity contribution in [1.82, 2.24) is 0 Å². The lowest BCUT2D eigenvalue weighted by molar-refractivity contribution is 0.225. The molecule has 0 atom stereocenters. The first kappa shape index (κ1) is 22.4. The molecule has 162 valence electrons. The van der Waals surface area contributed by atoms with Crippen LogP contribution in [0.2, 0.25) is 0 Å². The molecule has 2 fully saturated rings. The van der Waals surface area contributed by atoms with Gasteiger partial charge in [-0.15, -0.1) is 0 Å². The highest BCUT2D eigenvalue weighted by Crippen LogP contribution is 2.40. The van der Waals surface area contributed by atoms with E-state index in [1.54, 1.807) is 6.08 Å². The molecular weight excluding hydrogens is 359 g/mol. The van der Waals surface area contributed by atoms with Crippen molar-refractivity contribution in [3.05, 3.63) is 42.2 Å². The van der Waals surface area contributed by atoms with Crippen LogP contribution in [-0.4, -0.2) is 6.61 Å². The molecule has 0 N–H and O–H groups in total. The molecule has 2 heteroatoms. The van der Waals surface area contributed by atoms with Crippen LogP contribution in [-0.2, 0) is 0 Å². The zero-order valence-electron chi connectivity index (χ0n) is 18.5. The molecule has 0 saturated heterocycles. The Morgan fingerprint density at radius 1 is 0.828 bits per heavy atom. The van der Waals surface area contributed by atoms with Gasteiger partial charge in [0.25, 0.3) is 0 Å². The summed E-state index contributed by atoms with van der Waals surface area (Å²) in [7, 11) is 0. The van der Waals surface area contributed by atoms with Crippen molar-refractivity contribution in [2.75, 3.05) is 6.61 Å². The summed E-state index contributed by atoms with van der Waals surface area (Å²) in [5, 5.41) is 0. The van der Waals surface area contributed by atoms with Crippen molar-refractivity contribution in [3.8, 4) is 5.75 Å². The van der Waals surface area contributed by atoms with Crippen LogP contribution < -0.4 is 4.74 Å². The van der Waals surface area contributed by atoms with Gasteiger partial charge in [0.2, 0.25) is 0 Å². The first-order valence-corrected chi connectivity index (χ1v) is 12.3. The third kappa shape index (κ3) is 7.46. The van der Waals surface area contributed by atoms with Gasteiger partial charge in [0.05, 0.1) is 12.9 Å². The average molecular weight is 401 g/mol. The fraction of sp³-hybridized carbons (Fsp3) is 0.704. The van der Waals surface area contributed by atoms with Crippen LogP contribution >= 0.6 is 0 Å². The van der Waals surface area contributed by atoms with Gasteiger partial charge in [0.15, 0.2) is 0 Å². The zero-order chi connectivity index (χ0) is 20.3. The second-order valence-corrected chi connectivity index (χ2v) is 9.54. The summed E-state index contributed by atoms with van der Waals surface area (Å²) in [5.74, 6) is 4.51. The topological polar surface area (TPSA) is 9.23 Å². The normalized spacial score (nSPS) is 27.9. The third-order valence-corrected chi connectivity index (χ3v) is 7.45. The number of hydrogen-bond acceptors (Lipinski definition) is 1. The second kappa shape index (κ2) is 12.4. The van der Waals surface area contributed by atoms with Crippen LogP contribution in [0.15, 0.2) is 36.7 Å². The Morgan fingerprint density at radius 2 is 1.38 bits per heavy atom. The van der Waals surface area contributed by atoms with E-state index < -0.39 is 0 Å². The van der Waals surface area contributed by atoms with Gasteiger partial charge in [0, 0.05) is 0 Å². The van der Waals surface area contributed by atoms with E-state index in [-0.39, 0.29) is 0 Å². The summed E-state index contributed by atoms with van der Waals surface area (Å²) in [5.41, 5.74) is 1.51. The van der Waals surface area contributed by atoms with E-state index in [2.05, 4.69) is 31.2 Å². The second-order valence-electron chi connectivity index (χ2n) is 9.54. The van der Waals surface area contributed by atoms with Crippen LogP contribution in [0.25, 0.3) is 0 Å². The van der Waals surface area contributed by atoms with Crippen molar-refractivity contribution >= 4 is 0 Å². The largest absolute Gasteiger partial charge is 0.494 e. The van der Waals surface area contributed by atoms with E-state index in [1.165, 1.54) is 76.2 Å². The predicted octanol–water partition coefficient (Wildman–Crippen LogP) is 8.60. The fourth-order valence-electron chi connectivity index (χ4n) is 5.52. The van der Waals surface area contributed by atoms with Gasteiger partial charge in [-0.1, -0.05) is 63.7 Å². The molecule has 0 amide bonds. The van der Waals surface area contributed by atoms with Gasteiger partial charge >= 0.3 is 0 Å². The van der Waals surface area contributed by atoms with Crippen LogP contribution in [0, 0.1) is 17.8 Å². The van der Waals surface area contributed by atoms with Gasteiger partial charge in [-0.3, -0.25) is 0 Å². The Hall–Kier alpha value is -1.31. The van der Waals surface area contributed by atoms with E-state index in [4.69, 9.17) is 4.74 Å². The SMILES string of the molecule is CCCOc1ccc(C2CCC(CCC3CCC(CCC=CF)CC3)CC2)cc1. The maximum absolute atomic E-state index is 12.1. The fourth-order valence-corrected chi connectivity index (χ4v) is 5.52. The number of ether oxygens (including phenoxy) is 1. The number of allylic oxidation sites excluding steroid dienone is 1. The molecule has 0 aromatic heterocycles. The molecule has 1 nitrogen and oxygen atoms in total. The Bertz CT molecular complexity index is 577. The quantitative estimate of drug-likeness (QED) is 0.382. The maximum Gasteiger partial charge on any atom is 0.119 e. The van der Waals surface area contributed by atoms with E-state index in [0.717, 1.165) is 48.9 Å². The maximum atomic E-state index is 12.1. The van der Waals surface area contributed by atoms with Crippen molar-refractivity contribution in [2.45, 2.75) is 96.3 Å². The Morgan fingerprint density at radius 3 is 1.93 bits per heavy atom. The standard InChI is InChI=1S/C27H41FO/c1-2-21-29-27-18-16-26(17-19-27)25-14-12-24(13-15-25)11-10-23-8-6-22(7-9-23)5-3-4-20-28/h4,16-20,22-25H,2-3,5-15,21H2,1H3. The molecule has 0 aliphatic heterocycles. The van der Waals surface area contributed by atoms with Crippen molar-refractivity contribution < 1.29 is 9.13 Å². The van der Waals surface area contributed by atoms with Crippen molar-refractivity contribution in [3.63, 3.8) is 0 Å². The minimum Gasteiger partial charge on any atom is -0.494 e. The van der Waals surface area contributed by atoms with Gasteiger partial charge in [-0.25, -0.2) is 4.39 Å². The lowest BCUT2D eigenvalue weighted by Gasteiger charge is -2.32. The highest BCUT2D eigenvalue weighted by molar-refractivity contribution is 5.29. The summed E-state index contributed by atoms with van der Waals surface area (Å²) < 4.78 is 17.8. The molecule has 2 aliphatic rings. The summed E-state index contributed by atoms with van der Waals surface area (Å²) in [6, 6.07) is 8.89. The van der Waals surface area contributed by atoms with E-state index >= 15 is 0 Å².